The van der Waals surface area contributed by atoms with Gasteiger partial charge in [0.2, 0.25) is 5.91 Å². The Morgan fingerprint density at radius 3 is 2.78 bits per heavy atom. The molecule has 1 aliphatic heterocycles. The molecule has 27 heavy (non-hydrogen) atoms. The van der Waals surface area contributed by atoms with Crippen molar-refractivity contribution in [1.29, 1.82) is 0 Å². The van der Waals surface area contributed by atoms with Crippen molar-refractivity contribution in [2.75, 3.05) is 5.32 Å². The van der Waals surface area contributed by atoms with Crippen molar-refractivity contribution in [1.82, 2.24) is 14.8 Å². The number of rotatable bonds is 2. The fourth-order valence-corrected chi connectivity index (χ4v) is 3.93. The van der Waals surface area contributed by atoms with Crippen LogP contribution < -0.4 is 5.32 Å². The summed E-state index contributed by atoms with van der Waals surface area (Å²) in [6.07, 6.45) is 0.316. The molecular formula is C20H15ClN4O2. The Morgan fingerprint density at radius 1 is 1.19 bits per heavy atom. The topological polar surface area (TPSA) is 73.0 Å². The molecule has 0 spiro atoms. The average Bonchev–Trinajstić information content (AvgIpc) is 3.22. The fourth-order valence-electron chi connectivity index (χ4n) is 3.66. The summed E-state index contributed by atoms with van der Waals surface area (Å²) in [7, 11) is 0. The third-order valence-electron chi connectivity index (χ3n) is 4.85. The van der Waals surface area contributed by atoms with Crippen LogP contribution in [0.3, 0.4) is 0 Å². The van der Waals surface area contributed by atoms with E-state index in [0.29, 0.717) is 28.9 Å². The summed E-state index contributed by atoms with van der Waals surface area (Å²) in [6, 6.07) is 15.4. The van der Waals surface area contributed by atoms with Gasteiger partial charge in [0, 0.05) is 22.9 Å². The van der Waals surface area contributed by atoms with Crippen molar-refractivity contribution in [2.45, 2.75) is 19.3 Å². The zero-order chi connectivity index (χ0) is 18.5. The van der Waals surface area contributed by atoms with Crippen LogP contribution in [0.1, 0.15) is 29.2 Å². The molecule has 0 saturated heterocycles. The van der Waals surface area contributed by atoms with E-state index in [0.717, 1.165) is 22.3 Å². The lowest BCUT2D eigenvalue weighted by Crippen LogP contribution is -2.25. The van der Waals surface area contributed by atoms with Gasteiger partial charge in [-0.3, -0.25) is 4.79 Å². The van der Waals surface area contributed by atoms with Crippen LogP contribution in [0.5, 0.6) is 0 Å². The van der Waals surface area contributed by atoms with Crippen LogP contribution in [-0.4, -0.2) is 20.7 Å². The van der Waals surface area contributed by atoms with Crippen LogP contribution in [0.4, 0.5) is 5.82 Å². The average molecular weight is 379 g/mol. The van der Waals surface area contributed by atoms with Crippen LogP contribution in [0.15, 0.2) is 52.9 Å². The van der Waals surface area contributed by atoms with Gasteiger partial charge in [-0.25, -0.2) is 0 Å². The van der Waals surface area contributed by atoms with E-state index in [2.05, 4.69) is 15.4 Å². The smallest absolute Gasteiger partial charge is 0.325 e. The van der Waals surface area contributed by atoms with E-state index in [4.69, 9.17) is 16.0 Å². The SMILES string of the molecule is Cc1nn(-c2nc3ccccc3o2)c2c1[C@@H](c1ccccc1Cl)CC(=O)N2. The predicted octanol–water partition coefficient (Wildman–Crippen LogP) is 4.45. The highest BCUT2D eigenvalue weighted by Gasteiger charge is 2.34. The number of nitrogens with zero attached hydrogens (tertiary/aromatic N) is 3. The molecule has 1 N–H and O–H groups in total. The zero-order valence-electron chi connectivity index (χ0n) is 14.4. The Hall–Kier alpha value is -3.12. The van der Waals surface area contributed by atoms with E-state index in [1.807, 2.05) is 55.5 Å². The number of amides is 1. The van der Waals surface area contributed by atoms with E-state index >= 15 is 0 Å². The van der Waals surface area contributed by atoms with Gasteiger partial charge in [-0.1, -0.05) is 41.9 Å². The number of oxazole rings is 1. The van der Waals surface area contributed by atoms with Gasteiger partial charge < -0.3 is 9.73 Å². The number of benzene rings is 2. The summed E-state index contributed by atoms with van der Waals surface area (Å²) in [5, 5.41) is 8.17. The molecule has 5 rings (SSSR count). The number of anilines is 1. The molecule has 1 atom stereocenters. The molecule has 1 aliphatic rings. The van der Waals surface area contributed by atoms with Crippen molar-refractivity contribution >= 4 is 34.4 Å². The summed E-state index contributed by atoms with van der Waals surface area (Å²) >= 11 is 6.41. The van der Waals surface area contributed by atoms with Crippen LogP contribution in [0.2, 0.25) is 5.02 Å². The highest BCUT2D eigenvalue weighted by atomic mass is 35.5. The van der Waals surface area contributed by atoms with E-state index in [1.54, 1.807) is 4.68 Å². The van der Waals surface area contributed by atoms with Gasteiger partial charge in [-0.05, 0) is 30.7 Å². The largest absolute Gasteiger partial charge is 0.422 e. The molecule has 0 fully saturated rings. The van der Waals surface area contributed by atoms with E-state index in [-0.39, 0.29) is 11.8 Å². The highest BCUT2D eigenvalue weighted by molar-refractivity contribution is 6.31. The number of nitrogens with one attached hydrogen (secondary N) is 1. The number of carbonyl (C=O) groups excluding carboxylic acids is 1. The maximum Gasteiger partial charge on any atom is 0.325 e. The van der Waals surface area contributed by atoms with Gasteiger partial charge in [0.05, 0.1) is 5.69 Å². The standard InChI is InChI=1S/C20H15ClN4O2/c1-11-18-13(12-6-2-3-7-14(12)21)10-17(26)23-19(18)25(24-11)20-22-15-8-4-5-9-16(15)27-20/h2-9,13H,10H2,1H3,(H,23,26)/t13-/m1/s1. The minimum absolute atomic E-state index is 0.0929. The predicted molar refractivity (Wildman–Crippen MR) is 102 cm³/mol. The molecule has 134 valence electrons. The minimum Gasteiger partial charge on any atom is -0.422 e. The quantitative estimate of drug-likeness (QED) is 0.559. The Morgan fingerprint density at radius 2 is 1.96 bits per heavy atom. The van der Waals surface area contributed by atoms with E-state index in [9.17, 15) is 4.79 Å². The number of hydrogen-bond acceptors (Lipinski definition) is 4. The Labute approximate surface area is 159 Å². The maximum absolute atomic E-state index is 12.4. The lowest BCUT2D eigenvalue weighted by Gasteiger charge is -2.24. The number of carbonyl (C=O) groups is 1. The summed E-state index contributed by atoms with van der Waals surface area (Å²) in [5.41, 5.74) is 4.05. The number of halogens is 1. The first-order valence-electron chi connectivity index (χ1n) is 8.61. The van der Waals surface area contributed by atoms with Crippen LogP contribution in [-0.2, 0) is 4.79 Å². The Bertz CT molecular complexity index is 1160. The van der Waals surface area contributed by atoms with Crippen molar-refractivity contribution in [3.05, 3.63) is 70.4 Å². The molecule has 0 radical (unpaired) electrons. The van der Waals surface area contributed by atoms with E-state index in [1.165, 1.54) is 0 Å². The number of aryl methyl sites for hydroxylation is 1. The maximum atomic E-state index is 12.4. The molecule has 0 unspecified atom stereocenters. The second-order valence-electron chi connectivity index (χ2n) is 6.55. The van der Waals surface area contributed by atoms with Crippen LogP contribution in [0.25, 0.3) is 17.1 Å². The van der Waals surface area contributed by atoms with Gasteiger partial charge in [0.15, 0.2) is 5.58 Å². The van der Waals surface area contributed by atoms with Crippen LogP contribution in [0, 0.1) is 6.92 Å². The molecule has 2 aromatic heterocycles. The molecule has 3 heterocycles. The number of aromatic nitrogens is 3. The molecule has 0 bridgehead atoms. The normalized spacial score (nSPS) is 16.4. The van der Waals surface area contributed by atoms with Gasteiger partial charge in [0.25, 0.3) is 0 Å². The first kappa shape index (κ1) is 16.1. The zero-order valence-corrected chi connectivity index (χ0v) is 15.2. The summed E-state index contributed by atoms with van der Waals surface area (Å²) in [4.78, 5) is 16.9. The minimum atomic E-state index is -0.166. The second-order valence-corrected chi connectivity index (χ2v) is 6.96. The second kappa shape index (κ2) is 5.96. The van der Waals surface area contributed by atoms with Crippen molar-refractivity contribution in [3.8, 4) is 6.01 Å². The lowest BCUT2D eigenvalue weighted by molar-refractivity contribution is -0.116. The molecule has 4 aromatic rings. The Kier molecular flexibility index (Phi) is 3.55. The van der Waals surface area contributed by atoms with Gasteiger partial charge in [-0.15, -0.1) is 0 Å². The van der Waals surface area contributed by atoms with Crippen LogP contribution >= 0.6 is 11.6 Å². The monoisotopic (exact) mass is 378 g/mol. The van der Waals surface area contributed by atoms with Crippen molar-refractivity contribution in [2.24, 2.45) is 0 Å². The molecule has 0 aliphatic carbocycles. The fraction of sp³-hybridized carbons (Fsp3) is 0.150. The van der Waals surface area contributed by atoms with Crippen molar-refractivity contribution < 1.29 is 9.21 Å². The van der Waals surface area contributed by atoms with Gasteiger partial charge in [-0.2, -0.15) is 14.8 Å². The molecule has 1 amide bonds. The molecule has 7 heteroatoms. The summed E-state index contributed by atoms with van der Waals surface area (Å²) in [5.74, 6) is 0.325. The summed E-state index contributed by atoms with van der Waals surface area (Å²) in [6.45, 7) is 1.92. The first-order valence-corrected chi connectivity index (χ1v) is 8.99. The molecular weight excluding hydrogens is 364 g/mol. The number of para-hydroxylation sites is 2. The van der Waals surface area contributed by atoms with Gasteiger partial charge in [0.1, 0.15) is 11.3 Å². The van der Waals surface area contributed by atoms with Gasteiger partial charge >= 0.3 is 6.01 Å². The van der Waals surface area contributed by atoms with Crippen molar-refractivity contribution in [3.63, 3.8) is 0 Å². The van der Waals surface area contributed by atoms with E-state index < -0.39 is 0 Å². The summed E-state index contributed by atoms with van der Waals surface area (Å²) < 4.78 is 7.41. The molecule has 0 saturated carbocycles. The highest BCUT2D eigenvalue weighted by Crippen LogP contribution is 2.42. The third kappa shape index (κ3) is 2.52. The molecule has 2 aromatic carbocycles. The number of hydrogen-bond donors (Lipinski definition) is 1. The number of fused-ring (bicyclic) bond motifs is 2. The third-order valence-corrected chi connectivity index (χ3v) is 5.19. The molecule has 6 nitrogen and oxygen atoms in total. The first-order chi connectivity index (χ1) is 13.1. The lowest BCUT2D eigenvalue weighted by atomic mass is 9.86. The Balaban J connectivity index is 1.70.